The van der Waals surface area contributed by atoms with Crippen LogP contribution >= 0.6 is 15.9 Å². The van der Waals surface area contributed by atoms with Crippen LogP contribution in [-0.4, -0.2) is 13.6 Å². The Balaban J connectivity index is 2.25. The third-order valence-electron chi connectivity index (χ3n) is 3.29. The fraction of sp³-hybridized carbons (Fsp3) is 0.250. The van der Waals surface area contributed by atoms with Crippen molar-refractivity contribution in [2.45, 2.75) is 12.3 Å². The molecule has 0 heterocycles. The summed E-state index contributed by atoms with van der Waals surface area (Å²) in [5.41, 5.74) is 1.51. The van der Waals surface area contributed by atoms with E-state index < -0.39 is 11.6 Å². The van der Waals surface area contributed by atoms with Crippen molar-refractivity contribution in [1.29, 1.82) is 0 Å². The van der Waals surface area contributed by atoms with Crippen LogP contribution in [0.5, 0.6) is 0 Å². The first kappa shape index (κ1) is 15.1. The lowest BCUT2D eigenvalue weighted by molar-refractivity contribution is 0.491. The number of hydrogen-bond donors (Lipinski definition) is 1. The lowest BCUT2D eigenvalue weighted by Gasteiger charge is -2.18. The van der Waals surface area contributed by atoms with E-state index in [1.54, 1.807) is 12.1 Å². The molecule has 0 aromatic heterocycles. The van der Waals surface area contributed by atoms with Gasteiger partial charge in [-0.1, -0.05) is 40.2 Å². The molecule has 1 unspecified atom stereocenters. The van der Waals surface area contributed by atoms with E-state index in [2.05, 4.69) is 21.2 Å². The molecule has 0 bridgehead atoms. The summed E-state index contributed by atoms with van der Waals surface area (Å²) >= 11 is 3.40. The average Bonchev–Trinajstić information content (AvgIpc) is 2.44. The van der Waals surface area contributed by atoms with E-state index in [1.807, 2.05) is 31.3 Å². The second kappa shape index (κ2) is 6.95. The minimum absolute atomic E-state index is 0.101. The molecule has 0 amide bonds. The predicted molar refractivity (Wildman–Crippen MR) is 80.9 cm³/mol. The minimum atomic E-state index is -0.790. The highest BCUT2D eigenvalue weighted by Gasteiger charge is 2.15. The van der Waals surface area contributed by atoms with E-state index in [1.165, 1.54) is 0 Å². The largest absolute Gasteiger partial charge is 0.319 e. The fourth-order valence-electron chi connectivity index (χ4n) is 2.26. The van der Waals surface area contributed by atoms with Gasteiger partial charge in [0.25, 0.3) is 0 Å². The van der Waals surface area contributed by atoms with Gasteiger partial charge in [0.05, 0.1) is 0 Å². The SMILES string of the molecule is CNCC(Cc1cccc(F)c1F)c1ccc(Br)cc1. The average molecular weight is 340 g/mol. The number of benzene rings is 2. The number of halogens is 3. The highest BCUT2D eigenvalue weighted by atomic mass is 79.9. The fourth-order valence-corrected chi connectivity index (χ4v) is 2.53. The molecular formula is C16H16BrF2N. The van der Waals surface area contributed by atoms with Crippen molar-refractivity contribution in [1.82, 2.24) is 5.32 Å². The molecule has 1 N–H and O–H groups in total. The second-order valence-electron chi connectivity index (χ2n) is 4.72. The standard InChI is InChI=1S/C16H16BrF2N/c1-20-10-13(11-5-7-14(17)8-6-11)9-12-3-2-4-15(18)16(12)19/h2-8,13,20H,9-10H2,1H3. The smallest absolute Gasteiger partial charge is 0.162 e. The summed E-state index contributed by atoms with van der Waals surface area (Å²) in [5.74, 6) is -1.43. The highest BCUT2D eigenvalue weighted by molar-refractivity contribution is 9.10. The monoisotopic (exact) mass is 339 g/mol. The number of rotatable bonds is 5. The molecule has 2 aromatic carbocycles. The van der Waals surface area contributed by atoms with Gasteiger partial charge in [0.1, 0.15) is 0 Å². The van der Waals surface area contributed by atoms with Crippen molar-refractivity contribution in [3.8, 4) is 0 Å². The molecule has 0 saturated carbocycles. The van der Waals surface area contributed by atoms with Crippen molar-refractivity contribution in [2.24, 2.45) is 0 Å². The zero-order valence-corrected chi connectivity index (χ0v) is 12.8. The summed E-state index contributed by atoms with van der Waals surface area (Å²) in [6, 6.07) is 12.3. The quantitative estimate of drug-likeness (QED) is 0.857. The Morgan fingerprint density at radius 1 is 1.10 bits per heavy atom. The summed E-state index contributed by atoms with van der Waals surface area (Å²) in [4.78, 5) is 0. The van der Waals surface area contributed by atoms with E-state index in [0.29, 0.717) is 18.5 Å². The summed E-state index contributed by atoms with van der Waals surface area (Å²) in [6.45, 7) is 0.706. The van der Waals surface area contributed by atoms with Crippen LogP contribution in [0, 0.1) is 11.6 Å². The highest BCUT2D eigenvalue weighted by Crippen LogP contribution is 2.24. The summed E-state index contributed by atoms with van der Waals surface area (Å²) < 4.78 is 28.1. The van der Waals surface area contributed by atoms with Crippen molar-refractivity contribution < 1.29 is 8.78 Å². The molecule has 0 fully saturated rings. The maximum atomic E-state index is 13.8. The molecule has 0 aliphatic carbocycles. The Hall–Kier alpha value is -1.26. The van der Waals surface area contributed by atoms with Crippen LogP contribution < -0.4 is 5.32 Å². The molecule has 0 saturated heterocycles. The topological polar surface area (TPSA) is 12.0 Å². The van der Waals surface area contributed by atoms with Gasteiger partial charge < -0.3 is 5.32 Å². The van der Waals surface area contributed by atoms with Gasteiger partial charge in [-0.2, -0.15) is 0 Å². The van der Waals surface area contributed by atoms with Gasteiger partial charge in [0, 0.05) is 16.9 Å². The van der Waals surface area contributed by atoms with Crippen molar-refractivity contribution in [2.75, 3.05) is 13.6 Å². The lowest BCUT2D eigenvalue weighted by atomic mass is 9.91. The Morgan fingerprint density at radius 2 is 1.80 bits per heavy atom. The number of likely N-dealkylation sites (N-methyl/N-ethyl adjacent to an activating group) is 1. The van der Waals surface area contributed by atoms with Gasteiger partial charge in [-0.15, -0.1) is 0 Å². The number of nitrogens with one attached hydrogen (secondary N) is 1. The van der Waals surface area contributed by atoms with Crippen LogP contribution in [0.1, 0.15) is 17.0 Å². The molecule has 106 valence electrons. The summed E-state index contributed by atoms with van der Waals surface area (Å²) in [6.07, 6.45) is 0.464. The lowest BCUT2D eigenvalue weighted by Crippen LogP contribution is -2.19. The van der Waals surface area contributed by atoms with Gasteiger partial charge in [-0.3, -0.25) is 0 Å². The van der Waals surface area contributed by atoms with Gasteiger partial charge in [-0.05, 0) is 42.8 Å². The van der Waals surface area contributed by atoms with E-state index in [9.17, 15) is 8.78 Å². The van der Waals surface area contributed by atoms with Gasteiger partial charge in [0.15, 0.2) is 11.6 Å². The maximum absolute atomic E-state index is 13.8. The molecule has 20 heavy (non-hydrogen) atoms. The maximum Gasteiger partial charge on any atom is 0.162 e. The summed E-state index contributed by atoms with van der Waals surface area (Å²) in [7, 11) is 1.85. The Kier molecular flexibility index (Phi) is 5.26. The second-order valence-corrected chi connectivity index (χ2v) is 5.64. The van der Waals surface area contributed by atoms with Crippen LogP contribution in [-0.2, 0) is 6.42 Å². The number of hydrogen-bond acceptors (Lipinski definition) is 1. The summed E-state index contributed by atoms with van der Waals surface area (Å²) in [5, 5.41) is 3.11. The third kappa shape index (κ3) is 3.64. The van der Waals surface area contributed by atoms with E-state index in [0.717, 1.165) is 16.1 Å². The van der Waals surface area contributed by atoms with Crippen molar-refractivity contribution in [3.05, 3.63) is 69.7 Å². The van der Waals surface area contributed by atoms with Gasteiger partial charge in [0.2, 0.25) is 0 Å². The van der Waals surface area contributed by atoms with Crippen LogP contribution in [0.25, 0.3) is 0 Å². The van der Waals surface area contributed by atoms with Gasteiger partial charge in [-0.25, -0.2) is 8.78 Å². The zero-order chi connectivity index (χ0) is 14.5. The first-order valence-corrected chi connectivity index (χ1v) is 7.24. The van der Waals surface area contributed by atoms with E-state index in [-0.39, 0.29) is 5.92 Å². The molecule has 0 radical (unpaired) electrons. The molecule has 0 aliphatic heterocycles. The van der Waals surface area contributed by atoms with Gasteiger partial charge >= 0.3 is 0 Å². The van der Waals surface area contributed by atoms with E-state index >= 15 is 0 Å². The first-order valence-electron chi connectivity index (χ1n) is 6.44. The van der Waals surface area contributed by atoms with Crippen LogP contribution in [0.4, 0.5) is 8.78 Å². The third-order valence-corrected chi connectivity index (χ3v) is 3.82. The predicted octanol–water partition coefficient (Wildman–Crippen LogP) is 4.27. The zero-order valence-electron chi connectivity index (χ0n) is 11.2. The molecule has 2 aromatic rings. The van der Waals surface area contributed by atoms with E-state index in [4.69, 9.17) is 0 Å². The van der Waals surface area contributed by atoms with Crippen LogP contribution in [0.15, 0.2) is 46.9 Å². The molecule has 2 rings (SSSR count). The van der Waals surface area contributed by atoms with Crippen LogP contribution in [0.3, 0.4) is 0 Å². The minimum Gasteiger partial charge on any atom is -0.319 e. The molecule has 0 spiro atoms. The first-order chi connectivity index (χ1) is 9.61. The molecular weight excluding hydrogens is 324 g/mol. The Morgan fingerprint density at radius 3 is 2.45 bits per heavy atom. The molecule has 4 heteroatoms. The normalized spacial score (nSPS) is 12.4. The molecule has 1 atom stereocenters. The molecule has 0 aliphatic rings. The Labute approximate surface area is 126 Å². The van der Waals surface area contributed by atoms with Crippen molar-refractivity contribution >= 4 is 15.9 Å². The Bertz CT molecular complexity index is 569. The molecule has 1 nitrogen and oxygen atoms in total. The van der Waals surface area contributed by atoms with Crippen molar-refractivity contribution in [3.63, 3.8) is 0 Å². The van der Waals surface area contributed by atoms with Crippen LogP contribution in [0.2, 0.25) is 0 Å².